The number of nitrogens with zero attached hydrogens (tertiary/aromatic N) is 1. The molecule has 5 heteroatoms. The topological polar surface area (TPSA) is 50.8 Å². The summed E-state index contributed by atoms with van der Waals surface area (Å²) in [6.45, 7) is 8.02. The van der Waals surface area contributed by atoms with Crippen molar-refractivity contribution in [3.05, 3.63) is 24.3 Å². The average molecular weight is 348 g/mol. The molecule has 0 spiro atoms. The van der Waals surface area contributed by atoms with Gasteiger partial charge in [-0.1, -0.05) is 13.3 Å². The van der Waals surface area contributed by atoms with Crippen LogP contribution < -0.4 is 10.1 Å². The van der Waals surface area contributed by atoms with Gasteiger partial charge in [0.05, 0.1) is 6.61 Å². The highest BCUT2D eigenvalue weighted by Crippen LogP contribution is 2.20. The number of benzene rings is 1. The van der Waals surface area contributed by atoms with E-state index in [2.05, 4.69) is 10.2 Å². The highest BCUT2D eigenvalue weighted by Gasteiger charge is 2.30. The van der Waals surface area contributed by atoms with Crippen LogP contribution in [0.2, 0.25) is 0 Å². The predicted octanol–water partition coefficient (Wildman–Crippen LogP) is 3.70. The Kier molecular flexibility index (Phi) is 7.72. The molecular formula is C20H32N2O3. The number of rotatable bonds is 9. The second kappa shape index (κ2) is 9.78. The maximum Gasteiger partial charge on any atom is 0.256 e. The van der Waals surface area contributed by atoms with Crippen molar-refractivity contribution in [3.63, 3.8) is 0 Å². The molecule has 0 aromatic heterocycles. The number of carbonyl (C=O) groups excluding carboxylic acids is 1. The minimum absolute atomic E-state index is 0.132. The molecule has 1 amide bonds. The van der Waals surface area contributed by atoms with Crippen LogP contribution in [0.3, 0.4) is 0 Å². The van der Waals surface area contributed by atoms with Gasteiger partial charge in [0.2, 0.25) is 0 Å². The SMILES string of the molecule is CC[C@@](C)(OC)C(=O)Nc1ccc(OCCCN2CCCCC2)cc1. The van der Waals surface area contributed by atoms with E-state index in [4.69, 9.17) is 9.47 Å². The molecule has 0 radical (unpaired) electrons. The van der Waals surface area contributed by atoms with Gasteiger partial charge < -0.3 is 19.7 Å². The molecule has 0 bridgehead atoms. The van der Waals surface area contributed by atoms with E-state index in [1.807, 2.05) is 31.2 Å². The van der Waals surface area contributed by atoms with Gasteiger partial charge in [0.1, 0.15) is 11.4 Å². The van der Waals surface area contributed by atoms with Crippen LogP contribution in [-0.2, 0) is 9.53 Å². The van der Waals surface area contributed by atoms with Gasteiger partial charge in [0.15, 0.2) is 0 Å². The first-order valence-electron chi connectivity index (χ1n) is 9.39. The number of piperidine rings is 1. The summed E-state index contributed by atoms with van der Waals surface area (Å²) in [4.78, 5) is 14.8. The summed E-state index contributed by atoms with van der Waals surface area (Å²) in [6.07, 6.45) is 5.69. The number of hydrogen-bond acceptors (Lipinski definition) is 4. The molecule has 0 aliphatic carbocycles. The zero-order chi connectivity index (χ0) is 18.1. The van der Waals surface area contributed by atoms with Crippen molar-refractivity contribution in [1.29, 1.82) is 0 Å². The van der Waals surface area contributed by atoms with Crippen molar-refractivity contribution in [1.82, 2.24) is 4.90 Å². The molecule has 140 valence electrons. The van der Waals surface area contributed by atoms with Crippen LogP contribution >= 0.6 is 0 Å². The smallest absolute Gasteiger partial charge is 0.256 e. The Balaban J connectivity index is 1.73. The van der Waals surface area contributed by atoms with E-state index < -0.39 is 5.60 Å². The van der Waals surface area contributed by atoms with E-state index >= 15 is 0 Å². The monoisotopic (exact) mass is 348 g/mol. The van der Waals surface area contributed by atoms with E-state index in [0.717, 1.165) is 31.0 Å². The van der Waals surface area contributed by atoms with Crippen LogP contribution in [0.1, 0.15) is 46.0 Å². The lowest BCUT2D eigenvalue weighted by Crippen LogP contribution is -2.41. The summed E-state index contributed by atoms with van der Waals surface area (Å²) >= 11 is 0. The van der Waals surface area contributed by atoms with Crippen LogP contribution in [0.15, 0.2) is 24.3 Å². The summed E-state index contributed by atoms with van der Waals surface area (Å²) < 4.78 is 11.1. The first kappa shape index (κ1) is 19.7. The van der Waals surface area contributed by atoms with Crippen molar-refractivity contribution >= 4 is 11.6 Å². The number of carbonyl (C=O) groups is 1. The molecule has 1 aromatic rings. The molecular weight excluding hydrogens is 316 g/mol. The van der Waals surface area contributed by atoms with E-state index in [0.29, 0.717) is 6.42 Å². The fourth-order valence-electron chi connectivity index (χ4n) is 2.96. The van der Waals surface area contributed by atoms with E-state index in [-0.39, 0.29) is 5.91 Å². The Morgan fingerprint density at radius 1 is 1.20 bits per heavy atom. The summed E-state index contributed by atoms with van der Waals surface area (Å²) in [5, 5.41) is 2.90. The van der Waals surface area contributed by atoms with E-state index in [1.165, 1.54) is 32.4 Å². The predicted molar refractivity (Wildman–Crippen MR) is 101 cm³/mol. The van der Waals surface area contributed by atoms with Crippen molar-refractivity contribution in [2.24, 2.45) is 0 Å². The minimum atomic E-state index is -0.802. The summed E-state index contributed by atoms with van der Waals surface area (Å²) in [5.74, 6) is 0.703. The molecule has 1 aromatic carbocycles. The molecule has 5 nitrogen and oxygen atoms in total. The standard InChI is InChI=1S/C20H32N2O3/c1-4-20(2,24-3)19(23)21-17-9-11-18(12-10-17)25-16-8-15-22-13-6-5-7-14-22/h9-12H,4-8,13-16H2,1-3H3,(H,21,23)/t20-/m1/s1. The van der Waals surface area contributed by atoms with Crippen LogP contribution in [-0.4, -0.2) is 49.8 Å². The average Bonchev–Trinajstić information content (AvgIpc) is 2.66. The molecule has 1 aliphatic rings. The van der Waals surface area contributed by atoms with Crippen LogP contribution in [0.4, 0.5) is 5.69 Å². The maximum atomic E-state index is 12.3. The highest BCUT2D eigenvalue weighted by molar-refractivity contribution is 5.97. The number of likely N-dealkylation sites (tertiary alicyclic amines) is 1. The fourth-order valence-corrected chi connectivity index (χ4v) is 2.96. The first-order chi connectivity index (χ1) is 12.1. The van der Waals surface area contributed by atoms with Gasteiger partial charge in [-0.25, -0.2) is 0 Å². The fraction of sp³-hybridized carbons (Fsp3) is 0.650. The van der Waals surface area contributed by atoms with E-state index in [9.17, 15) is 4.79 Å². The third kappa shape index (κ3) is 6.01. The third-order valence-corrected chi connectivity index (χ3v) is 5.05. The van der Waals surface area contributed by atoms with Gasteiger partial charge in [-0.2, -0.15) is 0 Å². The normalized spacial score (nSPS) is 17.7. The highest BCUT2D eigenvalue weighted by atomic mass is 16.5. The number of ether oxygens (including phenoxy) is 2. The summed E-state index contributed by atoms with van der Waals surface area (Å²) in [6, 6.07) is 7.52. The Hall–Kier alpha value is -1.59. The Morgan fingerprint density at radius 3 is 2.48 bits per heavy atom. The lowest BCUT2D eigenvalue weighted by atomic mass is 10.0. The van der Waals surface area contributed by atoms with Gasteiger partial charge in [-0.15, -0.1) is 0 Å². The zero-order valence-electron chi connectivity index (χ0n) is 15.8. The Labute approximate surface area is 151 Å². The first-order valence-corrected chi connectivity index (χ1v) is 9.39. The molecule has 1 atom stereocenters. The van der Waals surface area contributed by atoms with Gasteiger partial charge in [0.25, 0.3) is 5.91 Å². The van der Waals surface area contributed by atoms with Crippen LogP contribution in [0.25, 0.3) is 0 Å². The van der Waals surface area contributed by atoms with Crippen molar-refractivity contribution in [3.8, 4) is 5.75 Å². The Bertz CT molecular complexity index is 520. The molecule has 2 rings (SSSR count). The number of hydrogen-bond donors (Lipinski definition) is 1. The van der Waals surface area contributed by atoms with Gasteiger partial charge in [0, 0.05) is 19.3 Å². The second-order valence-electron chi connectivity index (χ2n) is 6.87. The molecule has 0 saturated carbocycles. The maximum absolute atomic E-state index is 12.3. The van der Waals surface area contributed by atoms with Crippen LogP contribution in [0.5, 0.6) is 5.75 Å². The lowest BCUT2D eigenvalue weighted by molar-refractivity contribution is -0.136. The van der Waals surface area contributed by atoms with E-state index in [1.54, 1.807) is 14.0 Å². The summed E-state index contributed by atoms with van der Waals surface area (Å²) in [7, 11) is 1.56. The van der Waals surface area contributed by atoms with Crippen molar-refractivity contribution < 1.29 is 14.3 Å². The summed E-state index contributed by atoms with van der Waals surface area (Å²) in [5.41, 5.74) is -0.0497. The minimum Gasteiger partial charge on any atom is -0.494 e. The molecule has 1 aliphatic heterocycles. The Morgan fingerprint density at radius 2 is 1.88 bits per heavy atom. The largest absolute Gasteiger partial charge is 0.494 e. The molecule has 1 fully saturated rings. The molecule has 1 N–H and O–H groups in total. The van der Waals surface area contributed by atoms with Crippen molar-refractivity contribution in [2.75, 3.05) is 38.7 Å². The van der Waals surface area contributed by atoms with Crippen LogP contribution in [0, 0.1) is 0 Å². The molecule has 25 heavy (non-hydrogen) atoms. The lowest BCUT2D eigenvalue weighted by Gasteiger charge is -2.26. The van der Waals surface area contributed by atoms with Gasteiger partial charge in [-0.05, 0) is 70.0 Å². The molecule has 1 saturated heterocycles. The zero-order valence-corrected chi connectivity index (χ0v) is 15.8. The number of amides is 1. The number of methoxy groups -OCH3 is 1. The second-order valence-corrected chi connectivity index (χ2v) is 6.87. The van der Waals surface area contributed by atoms with Gasteiger partial charge >= 0.3 is 0 Å². The molecule has 1 heterocycles. The van der Waals surface area contributed by atoms with Crippen molar-refractivity contribution in [2.45, 2.75) is 51.6 Å². The molecule has 0 unspecified atom stereocenters. The quantitative estimate of drug-likeness (QED) is 0.692. The van der Waals surface area contributed by atoms with Gasteiger partial charge in [-0.3, -0.25) is 4.79 Å². The third-order valence-electron chi connectivity index (χ3n) is 5.05. The number of nitrogens with one attached hydrogen (secondary N) is 1. The number of anilines is 1.